The molecule has 124 heavy (non-hydrogen) atoms. The molecule has 0 unspecified atom stereocenters. The number of hydrogen-bond acceptors (Lipinski definition) is 12. The molecule has 15 aromatic carbocycles. The lowest BCUT2D eigenvalue weighted by molar-refractivity contribution is -0.137. The van der Waals surface area contributed by atoms with Gasteiger partial charge in [-0.15, -0.1) is 0 Å². The van der Waals surface area contributed by atoms with Gasteiger partial charge in [0.2, 0.25) is 0 Å². The Labute approximate surface area is 707 Å². The fourth-order valence-electron chi connectivity index (χ4n) is 16.0. The van der Waals surface area contributed by atoms with Crippen molar-refractivity contribution in [2.45, 2.75) is 6.18 Å². The second kappa shape index (κ2) is 31.2. The Kier molecular flexibility index (Phi) is 18.7. The molecule has 19 heteroatoms. The first-order valence-corrected chi connectivity index (χ1v) is 39.9. The quantitative estimate of drug-likeness (QED) is 0.0839. The summed E-state index contributed by atoms with van der Waals surface area (Å²) < 4.78 is 48.8. The van der Waals surface area contributed by atoms with Crippen molar-refractivity contribution in [2.75, 3.05) is 0 Å². The van der Waals surface area contributed by atoms with E-state index >= 15 is 0 Å². The summed E-state index contributed by atoms with van der Waals surface area (Å²) in [5.41, 5.74) is 14.1. The largest absolute Gasteiger partial charge is 0.415 e. The third kappa shape index (κ3) is 14.0. The van der Waals surface area contributed by atoms with Crippen LogP contribution in [-0.2, 0) is 6.18 Å². The predicted molar refractivity (Wildman–Crippen MR) is 482 cm³/mol. The molecule has 0 fully saturated rings. The zero-order chi connectivity index (χ0) is 83.4. The van der Waals surface area contributed by atoms with Gasteiger partial charge in [-0.2, -0.15) is 13.2 Å². The molecule has 0 aliphatic rings. The van der Waals surface area contributed by atoms with E-state index in [0.29, 0.717) is 120 Å². The van der Waals surface area contributed by atoms with E-state index < -0.39 is 11.7 Å². The van der Waals surface area contributed by atoms with Crippen LogP contribution in [0.5, 0.6) is 0 Å². The summed E-state index contributed by atoms with van der Waals surface area (Å²) in [7, 11) is 0. The van der Waals surface area contributed by atoms with Crippen LogP contribution >= 0.6 is 0 Å². The fourth-order valence-corrected chi connectivity index (χ4v) is 16.0. The Morgan fingerprint density at radius 1 is 0.210 bits per heavy atom. The number of alkyl halides is 3. The topological polar surface area (TPSA) is 173 Å². The molecule has 582 valence electrons. The van der Waals surface area contributed by atoms with Crippen molar-refractivity contribution in [1.29, 1.82) is 0 Å². The summed E-state index contributed by atoms with van der Waals surface area (Å²) in [6, 6.07) is 117. The van der Waals surface area contributed by atoms with Crippen LogP contribution in [0.1, 0.15) is 5.56 Å². The van der Waals surface area contributed by atoms with Gasteiger partial charge in [-0.1, -0.05) is 267 Å². The van der Waals surface area contributed by atoms with Gasteiger partial charge in [-0.25, -0.2) is 69.5 Å². The number of hydrogen-bond donors (Lipinski definition) is 0. The van der Waals surface area contributed by atoms with E-state index in [0.717, 1.165) is 100 Å². The highest BCUT2D eigenvalue weighted by Gasteiger charge is 2.32. The minimum Gasteiger partial charge on any atom is -0.309 e. The smallest absolute Gasteiger partial charge is 0.309 e. The molecule has 0 saturated carbocycles. The molecule has 0 radical (unpaired) electrons. The van der Waals surface area contributed by atoms with Gasteiger partial charge in [0.25, 0.3) is 0 Å². The molecule has 16 nitrogen and oxygen atoms in total. The average Bonchev–Trinajstić information content (AvgIpc) is 1.55. The van der Waals surface area contributed by atoms with E-state index in [2.05, 4.69) is 55.2 Å². The van der Waals surface area contributed by atoms with Crippen molar-refractivity contribution in [3.05, 3.63) is 398 Å². The fraction of sp³-hybridized carbons (Fsp3) is 0.00952. The van der Waals surface area contributed by atoms with Crippen LogP contribution in [0.3, 0.4) is 0 Å². The van der Waals surface area contributed by atoms with Gasteiger partial charge in [0, 0.05) is 99.4 Å². The maximum Gasteiger partial charge on any atom is 0.415 e. The van der Waals surface area contributed by atoms with Gasteiger partial charge < -0.3 is 9.13 Å². The Morgan fingerprint density at radius 3 is 0.702 bits per heavy atom. The number of halogens is 3. The minimum atomic E-state index is -4.75. The van der Waals surface area contributed by atoms with E-state index in [1.807, 2.05) is 309 Å². The van der Waals surface area contributed by atoms with Gasteiger partial charge in [-0.3, -0.25) is 0 Å². The van der Waals surface area contributed by atoms with E-state index in [-0.39, 0.29) is 16.9 Å². The molecule has 0 atom stereocenters. The number of rotatable bonds is 16. The molecular weight excluding hydrogens is 1540 g/mol. The van der Waals surface area contributed by atoms with Crippen molar-refractivity contribution >= 4 is 55.0 Å². The molecule has 0 aliphatic carbocycles. The second-order valence-corrected chi connectivity index (χ2v) is 29.6. The van der Waals surface area contributed by atoms with E-state index in [1.165, 1.54) is 6.07 Å². The molecule has 0 aliphatic heterocycles. The van der Waals surface area contributed by atoms with E-state index in [4.69, 9.17) is 73.0 Å². The van der Waals surface area contributed by atoms with Crippen LogP contribution in [0.15, 0.2) is 370 Å². The molecule has 6 aromatic heterocycles. The highest BCUT2D eigenvalue weighted by Crippen LogP contribution is 2.48. The minimum absolute atomic E-state index is 0.210. The Hall–Kier alpha value is -17.3. The lowest BCUT2D eigenvalue weighted by Crippen LogP contribution is -2.04. The van der Waals surface area contributed by atoms with Gasteiger partial charge in [-0.05, 0) is 120 Å². The van der Waals surface area contributed by atoms with Gasteiger partial charge in [0.05, 0.1) is 46.6 Å². The number of aromatic nitrogens is 14. The third-order valence-corrected chi connectivity index (χ3v) is 22.0. The average molecular weight is 1600 g/mol. The molecule has 6 heterocycles. The van der Waals surface area contributed by atoms with Crippen molar-refractivity contribution in [3.63, 3.8) is 0 Å². The molecule has 0 amide bonds. The normalized spacial score (nSPS) is 11.5. The summed E-state index contributed by atoms with van der Waals surface area (Å²) in [6.45, 7) is 17.4. The lowest BCUT2D eigenvalue weighted by atomic mass is 9.94. The van der Waals surface area contributed by atoms with Gasteiger partial charge >= 0.3 is 6.18 Å². The molecule has 0 spiro atoms. The van der Waals surface area contributed by atoms with Gasteiger partial charge in [0.1, 0.15) is 0 Å². The first-order chi connectivity index (χ1) is 60.9. The van der Waals surface area contributed by atoms with Crippen molar-refractivity contribution in [1.82, 2.24) is 68.9 Å². The van der Waals surface area contributed by atoms with Crippen LogP contribution in [0.4, 0.5) is 24.5 Å². The highest BCUT2D eigenvalue weighted by atomic mass is 19.4. The van der Waals surface area contributed by atoms with Crippen molar-refractivity contribution in [2.24, 2.45) is 0 Å². The summed E-state index contributed by atoms with van der Waals surface area (Å²) >= 11 is 0. The number of nitrogens with zero attached hydrogens (tertiary/aromatic N) is 16. The number of fused-ring (bicyclic) bond motifs is 6. The van der Waals surface area contributed by atoms with Crippen LogP contribution in [0.25, 0.3) is 224 Å². The molecular formula is C105H61F3N16. The predicted octanol–water partition coefficient (Wildman–Crippen LogP) is 26.1. The van der Waals surface area contributed by atoms with Crippen molar-refractivity contribution < 1.29 is 13.2 Å². The maximum atomic E-state index is 14.8. The van der Waals surface area contributed by atoms with Crippen LogP contribution in [0.2, 0.25) is 0 Å². The van der Waals surface area contributed by atoms with Gasteiger partial charge in [0.15, 0.2) is 81.3 Å². The van der Waals surface area contributed by atoms with E-state index in [9.17, 15) is 13.2 Å². The first kappa shape index (κ1) is 74.3. The van der Waals surface area contributed by atoms with Crippen molar-refractivity contribution in [3.8, 4) is 170 Å². The second-order valence-electron chi connectivity index (χ2n) is 29.6. The molecule has 21 rings (SSSR count). The first-order valence-electron chi connectivity index (χ1n) is 39.9. The summed E-state index contributed by atoms with van der Waals surface area (Å²) in [6.07, 6.45) is -4.75. The Balaban J connectivity index is 0.835. The Morgan fingerprint density at radius 2 is 0.452 bits per heavy atom. The zero-order valence-electron chi connectivity index (χ0n) is 65.5. The standard InChI is InChI=1S/C105H61F3N16/c1-109-78-49-56-92(124-90-54-46-75(103-119-97(68-35-19-7-20-36-68)113-98(120-103)69-37-21-8-22-38-69)60-83(90)84-61-76(47-55-91(84)124)104-121-99(70-39-23-9-24-40-70)114-100(122-104)71-41-25-10-26-42-71)85(63-78)80-57-72(79-50-48-77(105(106,107)108)62-86(79)110-2)43-51-87(80)123-88-52-44-73(101-115-93(64-27-11-3-12-28-64)111-94(116-101)65-29-13-4-14-30-65)58-81(88)82-59-74(45-53-89(82)123)102-117-95(66-31-15-5-16-32-66)112-96(118-102)67-33-17-6-18-34-67/h3-63H. The highest BCUT2D eigenvalue weighted by molar-refractivity contribution is 6.14. The van der Waals surface area contributed by atoms with Crippen LogP contribution in [-0.4, -0.2) is 68.9 Å². The summed E-state index contributed by atoms with van der Waals surface area (Å²) in [5.74, 6) is 5.49. The van der Waals surface area contributed by atoms with Crippen LogP contribution < -0.4 is 0 Å². The SMILES string of the molecule is [C-]#[N+]c1ccc(-n2c3ccc(-c4nc(-c5ccccc5)nc(-c5ccccc5)n4)cc3c3cc(-c4nc(-c5ccccc5)nc(-c5ccccc5)n4)ccc32)c(-c2cc(-c3ccc(C(F)(F)F)cc3[N+]#[C-])ccc2-n2c3ccc(-c4nc(-c5ccccc5)nc(-c5ccccc5)n4)cc3c3cc(-c4nc(-c5ccccc5)nc(-c5ccccc5)n4)ccc32)c1. The summed E-state index contributed by atoms with van der Waals surface area (Å²) in [5, 5.41) is 3.10. The van der Waals surface area contributed by atoms with E-state index in [1.54, 1.807) is 6.07 Å². The molecule has 0 bridgehead atoms. The molecule has 0 N–H and O–H groups in total. The molecule has 21 aromatic rings. The Bertz CT molecular complexity index is 7240. The molecule has 0 saturated heterocycles. The maximum absolute atomic E-state index is 14.8. The lowest BCUT2D eigenvalue weighted by Gasteiger charge is -2.21. The van der Waals surface area contributed by atoms with Crippen LogP contribution in [0, 0.1) is 13.1 Å². The third-order valence-electron chi connectivity index (χ3n) is 22.0. The zero-order valence-corrected chi connectivity index (χ0v) is 65.5. The monoisotopic (exact) mass is 1600 g/mol. The summed E-state index contributed by atoms with van der Waals surface area (Å²) in [4.78, 5) is 70.0. The number of benzene rings is 15.